The van der Waals surface area contributed by atoms with Gasteiger partial charge in [-0.3, -0.25) is 14.3 Å². The van der Waals surface area contributed by atoms with E-state index in [1.54, 1.807) is 29.5 Å². The van der Waals surface area contributed by atoms with Crippen molar-refractivity contribution in [3.63, 3.8) is 0 Å². The van der Waals surface area contributed by atoms with Gasteiger partial charge in [-0.05, 0) is 48.9 Å². The van der Waals surface area contributed by atoms with Crippen LogP contribution in [0.2, 0.25) is 5.02 Å². The van der Waals surface area contributed by atoms with E-state index in [-0.39, 0.29) is 18.2 Å². The minimum atomic E-state index is -0.290. The summed E-state index contributed by atoms with van der Waals surface area (Å²) in [6.07, 6.45) is 14.3. The minimum Gasteiger partial charge on any atom is -0.469 e. The van der Waals surface area contributed by atoms with Crippen molar-refractivity contribution in [2.24, 2.45) is 0 Å². The number of carbonyl (C=O) groups is 2. The minimum absolute atomic E-state index is 0.00105. The van der Waals surface area contributed by atoms with Gasteiger partial charge in [0.25, 0.3) is 0 Å². The van der Waals surface area contributed by atoms with Crippen LogP contribution in [0.4, 0.5) is 0 Å². The van der Waals surface area contributed by atoms with Crippen molar-refractivity contribution in [3.8, 4) is 0 Å². The van der Waals surface area contributed by atoms with E-state index in [9.17, 15) is 9.59 Å². The molecule has 5 aromatic heterocycles. The van der Waals surface area contributed by atoms with E-state index in [1.165, 1.54) is 25.5 Å². The van der Waals surface area contributed by atoms with Crippen molar-refractivity contribution in [2.75, 3.05) is 7.11 Å². The number of esters is 1. The van der Waals surface area contributed by atoms with E-state index in [2.05, 4.69) is 22.3 Å². The molecule has 0 aromatic carbocycles. The number of rotatable bonds is 9. The van der Waals surface area contributed by atoms with E-state index >= 15 is 0 Å². The van der Waals surface area contributed by atoms with E-state index < -0.39 is 0 Å². The second kappa shape index (κ2) is 9.48. The number of ether oxygens (including phenoxy) is 1. The molecule has 1 saturated carbocycles. The van der Waals surface area contributed by atoms with Crippen LogP contribution in [0.25, 0.3) is 11.2 Å². The zero-order valence-electron chi connectivity index (χ0n) is 20.3. The molecule has 1 fully saturated rings. The van der Waals surface area contributed by atoms with Gasteiger partial charge in [0.1, 0.15) is 5.65 Å². The predicted molar refractivity (Wildman–Crippen MR) is 137 cm³/mol. The Morgan fingerprint density at radius 3 is 2.84 bits per heavy atom. The van der Waals surface area contributed by atoms with Crippen molar-refractivity contribution >= 4 is 34.5 Å². The van der Waals surface area contributed by atoms with Crippen molar-refractivity contribution in [1.29, 1.82) is 0 Å². The molecule has 1 aliphatic rings. The van der Waals surface area contributed by atoms with Crippen LogP contribution in [0.1, 0.15) is 58.1 Å². The summed E-state index contributed by atoms with van der Waals surface area (Å²) >= 11 is 6.12. The summed E-state index contributed by atoms with van der Waals surface area (Å²) in [5.41, 5.74) is 5.89. The summed E-state index contributed by atoms with van der Waals surface area (Å²) < 4.78 is 10.5. The van der Waals surface area contributed by atoms with Gasteiger partial charge in [-0.25, -0.2) is 9.97 Å². The maximum atomic E-state index is 12.9. The molecule has 37 heavy (non-hydrogen) atoms. The fourth-order valence-corrected chi connectivity index (χ4v) is 4.82. The Bertz CT molecular complexity index is 1640. The van der Waals surface area contributed by atoms with Crippen LogP contribution in [0.3, 0.4) is 0 Å². The first kappa shape index (κ1) is 23.4. The first-order valence-electron chi connectivity index (χ1n) is 12.2. The van der Waals surface area contributed by atoms with Crippen LogP contribution in [-0.4, -0.2) is 47.4 Å². The molecule has 0 atom stereocenters. The molecule has 0 radical (unpaired) electrons. The Labute approximate surface area is 217 Å². The van der Waals surface area contributed by atoms with Gasteiger partial charge < -0.3 is 13.5 Å². The molecule has 9 nitrogen and oxygen atoms in total. The Morgan fingerprint density at radius 1 is 1.16 bits per heavy atom. The molecular formula is C27H25ClN6O3. The first-order chi connectivity index (χ1) is 18.0. The SMILES string of the molecule is COC(=O)Cc1cc(C2CC2)cn2cc(Cn3cc(C(=O)CCc4ncn5ccc(Cl)cc45)cn3)nc12. The number of pyridine rings is 2. The summed E-state index contributed by atoms with van der Waals surface area (Å²) in [6.45, 7) is 0.412. The lowest BCUT2D eigenvalue weighted by atomic mass is 10.1. The molecule has 5 aromatic rings. The summed E-state index contributed by atoms with van der Waals surface area (Å²) in [7, 11) is 1.39. The van der Waals surface area contributed by atoms with Gasteiger partial charge in [0.15, 0.2) is 5.78 Å². The fourth-order valence-electron chi connectivity index (χ4n) is 4.66. The molecular weight excluding hydrogens is 492 g/mol. The molecule has 188 valence electrons. The second-order valence-corrected chi connectivity index (χ2v) is 9.90. The van der Waals surface area contributed by atoms with Crippen LogP contribution in [0.15, 0.2) is 55.5 Å². The third-order valence-corrected chi connectivity index (χ3v) is 6.99. The van der Waals surface area contributed by atoms with Gasteiger partial charge in [0.2, 0.25) is 0 Å². The highest BCUT2D eigenvalue weighted by Crippen LogP contribution is 2.40. The maximum absolute atomic E-state index is 12.9. The Morgan fingerprint density at radius 2 is 2.03 bits per heavy atom. The summed E-state index contributed by atoms with van der Waals surface area (Å²) in [5, 5.41) is 5.02. The monoisotopic (exact) mass is 516 g/mol. The smallest absolute Gasteiger partial charge is 0.310 e. The standard InChI is InChI=1S/C27H25ClN6O3/c1-37-26(36)9-18-8-19(17-2-3-17)12-33-14-22(31-27(18)33)15-34-13-20(11-30-34)25(35)5-4-23-24-10-21(28)6-7-32(24)16-29-23/h6-8,10-14,16-17H,2-5,9,15H2,1H3. The number of aromatic nitrogens is 6. The van der Waals surface area contributed by atoms with E-state index in [0.717, 1.165) is 28.1 Å². The number of methoxy groups -OCH3 is 1. The average Bonchev–Trinajstić information content (AvgIpc) is 3.30. The van der Waals surface area contributed by atoms with Gasteiger partial charge in [0.05, 0.1) is 55.1 Å². The maximum Gasteiger partial charge on any atom is 0.310 e. The predicted octanol–water partition coefficient (Wildman–Crippen LogP) is 4.29. The number of hydrogen-bond donors (Lipinski definition) is 0. The summed E-state index contributed by atoms with van der Waals surface area (Å²) in [6, 6.07) is 5.72. The quantitative estimate of drug-likeness (QED) is 0.214. The van der Waals surface area contributed by atoms with Crippen molar-refractivity contribution < 1.29 is 14.3 Å². The molecule has 0 spiro atoms. The van der Waals surface area contributed by atoms with Gasteiger partial charge in [-0.15, -0.1) is 0 Å². The normalized spacial score (nSPS) is 13.5. The number of fused-ring (bicyclic) bond motifs is 2. The van der Waals surface area contributed by atoms with Gasteiger partial charge in [-0.1, -0.05) is 11.6 Å². The molecule has 0 N–H and O–H groups in total. The molecule has 0 bridgehead atoms. The number of imidazole rings is 2. The Hall–Kier alpha value is -3.98. The Balaban J connectivity index is 1.17. The van der Waals surface area contributed by atoms with Crippen LogP contribution in [0, 0.1) is 0 Å². The van der Waals surface area contributed by atoms with Crippen LogP contribution >= 0.6 is 11.6 Å². The zero-order chi connectivity index (χ0) is 25.5. The lowest BCUT2D eigenvalue weighted by Crippen LogP contribution is -2.07. The lowest BCUT2D eigenvalue weighted by Gasteiger charge is -2.06. The van der Waals surface area contributed by atoms with Crippen LogP contribution < -0.4 is 0 Å². The van der Waals surface area contributed by atoms with E-state index in [1.807, 2.05) is 27.3 Å². The zero-order valence-corrected chi connectivity index (χ0v) is 21.1. The molecule has 1 aliphatic carbocycles. The number of aryl methyl sites for hydroxylation is 1. The number of Topliss-reactive ketones (excluding diaryl/α,β-unsaturated/α-hetero) is 1. The molecule has 0 amide bonds. The summed E-state index contributed by atoms with van der Waals surface area (Å²) in [5.74, 6) is 0.253. The molecule has 0 unspecified atom stereocenters. The highest BCUT2D eigenvalue weighted by atomic mass is 35.5. The molecule has 0 saturated heterocycles. The van der Waals surface area contributed by atoms with E-state index in [4.69, 9.17) is 21.3 Å². The second-order valence-electron chi connectivity index (χ2n) is 9.47. The van der Waals surface area contributed by atoms with Crippen molar-refractivity contribution in [2.45, 2.75) is 44.6 Å². The molecule has 10 heteroatoms. The van der Waals surface area contributed by atoms with Gasteiger partial charge >= 0.3 is 5.97 Å². The topological polar surface area (TPSA) is 95.8 Å². The average molecular weight is 517 g/mol. The summed E-state index contributed by atoms with van der Waals surface area (Å²) in [4.78, 5) is 34.0. The number of carbonyl (C=O) groups excluding carboxylic acids is 2. The van der Waals surface area contributed by atoms with Gasteiger partial charge in [-0.2, -0.15) is 5.10 Å². The third kappa shape index (κ3) is 4.86. The highest BCUT2D eigenvalue weighted by Gasteiger charge is 2.25. The number of ketones is 1. The third-order valence-electron chi connectivity index (χ3n) is 6.76. The first-order valence-corrected chi connectivity index (χ1v) is 12.6. The number of nitrogens with zero attached hydrogens (tertiary/aromatic N) is 6. The number of halogens is 1. The molecule has 5 heterocycles. The molecule has 6 rings (SSSR count). The van der Waals surface area contributed by atoms with Gasteiger partial charge in [0, 0.05) is 41.8 Å². The van der Waals surface area contributed by atoms with Crippen LogP contribution in [0.5, 0.6) is 0 Å². The Kier molecular flexibility index (Phi) is 6.00. The largest absolute Gasteiger partial charge is 0.469 e. The van der Waals surface area contributed by atoms with Crippen LogP contribution in [-0.2, 0) is 28.9 Å². The molecule has 0 aliphatic heterocycles. The highest BCUT2D eigenvalue weighted by molar-refractivity contribution is 6.30. The number of hydrogen-bond acceptors (Lipinski definition) is 6. The van der Waals surface area contributed by atoms with Crippen molar-refractivity contribution in [1.82, 2.24) is 28.5 Å². The van der Waals surface area contributed by atoms with Crippen molar-refractivity contribution in [3.05, 3.63) is 88.6 Å². The lowest BCUT2D eigenvalue weighted by molar-refractivity contribution is -0.139. The fraction of sp³-hybridized carbons (Fsp3) is 0.296. The van der Waals surface area contributed by atoms with E-state index in [0.29, 0.717) is 35.9 Å².